The van der Waals surface area contributed by atoms with E-state index in [2.05, 4.69) is 11.9 Å². The second-order valence-corrected chi connectivity index (χ2v) is 9.33. The molecular weight excluding hydrogens is 476 g/mol. The van der Waals surface area contributed by atoms with E-state index in [9.17, 15) is 14.7 Å². The molecule has 1 aliphatic heterocycles. The Hall–Kier alpha value is -4.17. The van der Waals surface area contributed by atoms with Gasteiger partial charge in [0.05, 0.1) is 36.1 Å². The molecule has 0 aliphatic carbocycles. The van der Waals surface area contributed by atoms with Crippen LogP contribution in [0.3, 0.4) is 0 Å². The van der Waals surface area contributed by atoms with Crippen LogP contribution in [0.15, 0.2) is 72.3 Å². The Morgan fingerprint density at radius 3 is 2.22 bits per heavy atom. The number of thiazole rings is 1. The monoisotopic (exact) mass is 500 g/mol. The highest BCUT2D eigenvalue weighted by Gasteiger charge is 2.48. The molecule has 7 nitrogen and oxygen atoms in total. The number of carbonyl (C=O) groups is 2. The van der Waals surface area contributed by atoms with Crippen molar-refractivity contribution in [1.82, 2.24) is 4.98 Å². The van der Waals surface area contributed by atoms with Gasteiger partial charge in [-0.3, -0.25) is 14.5 Å². The van der Waals surface area contributed by atoms with Crippen LogP contribution >= 0.6 is 11.3 Å². The number of methoxy groups -OCH3 is 2. The molecule has 1 atom stereocenters. The van der Waals surface area contributed by atoms with Crippen molar-refractivity contribution >= 4 is 44.1 Å². The lowest BCUT2D eigenvalue weighted by atomic mass is 9.95. The maximum atomic E-state index is 13.4. The number of carbonyl (C=O) groups excluding carboxylic acids is 2. The minimum absolute atomic E-state index is 0.00355. The van der Waals surface area contributed by atoms with Crippen LogP contribution in [0, 0.1) is 0 Å². The molecule has 1 aromatic heterocycles. The van der Waals surface area contributed by atoms with Gasteiger partial charge in [-0.15, -0.1) is 0 Å². The summed E-state index contributed by atoms with van der Waals surface area (Å²) in [5.74, 6) is -0.510. The Balaban J connectivity index is 1.69. The number of Topliss-reactive ketones (excluding diaryl/α,β-unsaturated/α-hetero) is 1. The Labute approximate surface area is 212 Å². The van der Waals surface area contributed by atoms with Gasteiger partial charge in [-0.1, -0.05) is 36.5 Å². The van der Waals surface area contributed by atoms with E-state index in [1.807, 2.05) is 18.2 Å². The van der Waals surface area contributed by atoms with Crippen LogP contribution in [-0.4, -0.2) is 36.0 Å². The van der Waals surface area contributed by atoms with E-state index in [4.69, 9.17) is 9.47 Å². The molecule has 0 saturated carbocycles. The first-order valence-corrected chi connectivity index (χ1v) is 12.3. The number of benzene rings is 3. The van der Waals surface area contributed by atoms with E-state index < -0.39 is 17.7 Å². The van der Waals surface area contributed by atoms with Crippen molar-refractivity contribution in [3.63, 3.8) is 0 Å². The van der Waals surface area contributed by atoms with E-state index in [1.54, 1.807) is 62.8 Å². The van der Waals surface area contributed by atoms with Gasteiger partial charge < -0.3 is 14.6 Å². The number of rotatable bonds is 6. The third-order valence-electron chi connectivity index (χ3n) is 6.30. The lowest BCUT2D eigenvalue weighted by Gasteiger charge is -2.23. The van der Waals surface area contributed by atoms with Gasteiger partial charge in [0.25, 0.3) is 5.78 Å². The first-order valence-electron chi connectivity index (χ1n) is 11.4. The van der Waals surface area contributed by atoms with Crippen LogP contribution in [0.25, 0.3) is 16.0 Å². The van der Waals surface area contributed by atoms with E-state index in [1.165, 1.54) is 16.2 Å². The number of ether oxygens (including phenoxy) is 2. The summed E-state index contributed by atoms with van der Waals surface area (Å²) in [6.45, 7) is 2.07. The number of aromatic nitrogens is 1. The highest BCUT2D eigenvalue weighted by molar-refractivity contribution is 7.22. The molecule has 1 saturated heterocycles. The van der Waals surface area contributed by atoms with Gasteiger partial charge in [-0.25, -0.2) is 4.98 Å². The summed E-state index contributed by atoms with van der Waals surface area (Å²) >= 11 is 1.35. The highest BCUT2D eigenvalue weighted by atomic mass is 32.1. The Morgan fingerprint density at radius 1 is 0.972 bits per heavy atom. The second kappa shape index (κ2) is 9.47. The summed E-state index contributed by atoms with van der Waals surface area (Å²) in [5, 5.41) is 11.7. The number of aliphatic hydroxyl groups is 1. The molecule has 2 heterocycles. The first kappa shape index (κ1) is 23.6. The van der Waals surface area contributed by atoms with E-state index >= 15 is 0 Å². The molecule has 0 bridgehead atoms. The number of aryl methyl sites for hydroxylation is 1. The van der Waals surface area contributed by atoms with Crippen molar-refractivity contribution in [3.05, 3.63) is 89.0 Å². The number of ketones is 1. The molecular formula is C28H24N2O5S. The summed E-state index contributed by atoms with van der Waals surface area (Å²) in [5.41, 5.74) is 2.97. The molecule has 5 rings (SSSR count). The molecule has 4 aromatic rings. The van der Waals surface area contributed by atoms with Crippen molar-refractivity contribution in [1.29, 1.82) is 0 Å². The summed E-state index contributed by atoms with van der Waals surface area (Å²) in [6, 6.07) is 18.9. The number of anilines is 1. The third-order valence-corrected chi connectivity index (χ3v) is 7.31. The van der Waals surface area contributed by atoms with Crippen LogP contribution in [0.5, 0.6) is 11.5 Å². The zero-order chi connectivity index (χ0) is 25.4. The summed E-state index contributed by atoms with van der Waals surface area (Å²) in [4.78, 5) is 32.8. The molecule has 0 spiro atoms. The molecule has 1 unspecified atom stereocenters. The SMILES string of the molecule is CCc1ccc2nc(N3C(=O)C(=O)/C(=C(/O)c4ccc(OC)cc4)C3c3ccc(OC)cc3)sc2c1. The van der Waals surface area contributed by atoms with Crippen molar-refractivity contribution in [3.8, 4) is 11.5 Å². The van der Waals surface area contributed by atoms with Crippen molar-refractivity contribution in [2.75, 3.05) is 19.1 Å². The average molecular weight is 501 g/mol. The molecule has 3 aromatic carbocycles. The topological polar surface area (TPSA) is 89.0 Å². The Kier molecular flexibility index (Phi) is 6.20. The number of hydrogen-bond acceptors (Lipinski definition) is 7. The average Bonchev–Trinajstić information content (AvgIpc) is 3.45. The summed E-state index contributed by atoms with van der Waals surface area (Å²) in [6.07, 6.45) is 0.876. The van der Waals surface area contributed by atoms with Crippen LogP contribution in [-0.2, 0) is 16.0 Å². The predicted octanol–water partition coefficient (Wildman–Crippen LogP) is 5.50. The molecule has 1 aliphatic rings. The fourth-order valence-corrected chi connectivity index (χ4v) is 5.37. The third kappa shape index (κ3) is 3.99. The number of amides is 1. The van der Waals surface area contributed by atoms with Gasteiger partial charge in [0.15, 0.2) is 5.13 Å². The minimum atomic E-state index is -0.857. The Morgan fingerprint density at radius 2 is 1.61 bits per heavy atom. The second-order valence-electron chi connectivity index (χ2n) is 8.32. The smallest absolute Gasteiger partial charge is 0.301 e. The molecule has 1 amide bonds. The summed E-state index contributed by atoms with van der Waals surface area (Å²) < 4.78 is 11.4. The first-order chi connectivity index (χ1) is 17.4. The number of hydrogen-bond donors (Lipinski definition) is 1. The maximum absolute atomic E-state index is 13.4. The molecule has 182 valence electrons. The lowest BCUT2D eigenvalue weighted by molar-refractivity contribution is -0.132. The highest BCUT2D eigenvalue weighted by Crippen LogP contribution is 2.44. The van der Waals surface area contributed by atoms with Crippen molar-refractivity contribution in [2.24, 2.45) is 0 Å². The van der Waals surface area contributed by atoms with Crippen LogP contribution in [0.2, 0.25) is 0 Å². The van der Waals surface area contributed by atoms with Gasteiger partial charge in [-0.05, 0) is 66.1 Å². The predicted molar refractivity (Wildman–Crippen MR) is 140 cm³/mol. The molecule has 1 fully saturated rings. The minimum Gasteiger partial charge on any atom is -0.507 e. The van der Waals surface area contributed by atoms with Gasteiger partial charge in [-0.2, -0.15) is 0 Å². The van der Waals surface area contributed by atoms with Crippen LogP contribution < -0.4 is 14.4 Å². The van der Waals surface area contributed by atoms with Crippen molar-refractivity contribution < 1.29 is 24.2 Å². The number of fused-ring (bicyclic) bond motifs is 1. The Bertz CT molecular complexity index is 1490. The van der Waals surface area contributed by atoms with Gasteiger partial charge in [0.2, 0.25) is 0 Å². The van der Waals surface area contributed by atoms with Crippen LogP contribution in [0.4, 0.5) is 5.13 Å². The molecule has 36 heavy (non-hydrogen) atoms. The van der Waals surface area contributed by atoms with Gasteiger partial charge >= 0.3 is 5.91 Å². The number of nitrogens with zero attached hydrogens (tertiary/aromatic N) is 2. The zero-order valence-electron chi connectivity index (χ0n) is 20.0. The molecule has 8 heteroatoms. The van der Waals surface area contributed by atoms with Crippen LogP contribution in [0.1, 0.15) is 29.7 Å². The van der Waals surface area contributed by atoms with Gasteiger partial charge in [0.1, 0.15) is 17.3 Å². The molecule has 0 radical (unpaired) electrons. The summed E-state index contributed by atoms with van der Waals surface area (Å²) in [7, 11) is 3.11. The lowest BCUT2D eigenvalue weighted by Crippen LogP contribution is -2.29. The zero-order valence-corrected chi connectivity index (χ0v) is 20.8. The quantitative estimate of drug-likeness (QED) is 0.214. The molecule has 1 N–H and O–H groups in total. The van der Waals surface area contributed by atoms with E-state index in [-0.39, 0.29) is 11.3 Å². The normalized spacial score (nSPS) is 17.1. The number of aliphatic hydroxyl groups excluding tert-OH is 1. The van der Waals surface area contributed by atoms with Gasteiger partial charge in [0, 0.05) is 5.56 Å². The van der Waals surface area contributed by atoms with E-state index in [0.29, 0.717) is 27.8 Å². The van der Waals surface area contributed by atoms with Crippen molar-refractivity contribution in [2.45, 2.75) is 19.4 Å². The maximum Gasteiger partial charge on any atom is 0.301 e. The largest absolute Gasteiger partial charge is 0.507 e. The standard InChI is InChI=1S/C28H24N2O5S/c1-4-16-5-14-21-22(15-16)36-28(29-21)30-24(17-6-10-19(34-2)11-7-17)23(26(32)27(30)33)25(31)18-8-12-20(35-3)13-9-18/h5-15,24,31H,4H2,1-3H3/b25-23+. The fraction of sp³-hybridized carbons (Fsp3) is 0.179. The van der Waals surface area contributed by atoms with E-state index in [0.717, 1.165) is 22.2 Å². The fourth-order valence-electron chi connectivity index (χ4n) is 4.32.